The van der Waals surface area contributed by atoms with Crippen LogP contribution in [-0.2, 0) is 0 Å². The van der Waals surface area contributed by atoms with Crippen molar-refractivity contribution >= 4 is 27.5 Å². The third kappa shape index (κ3) is 4.07. The van der Waals surface area contributed by atoms with Crippen LogP contribution in [0.15, 0.2) is 24.3 Å². The van der Waals surface area contributed by atoms with E-state index in [2.05, 4.69) is 31.0 Å². The van der Waals surface area contributed by atoms with E-state index in [0.29, 0.717) is 36.1 Å². The number of fused-ring (bicyclic) bond motifs is 7. The number of nitrogens with one attached hydrogen (secondary N) is 1. The number of piperazine rings is 1. The van der Waals surface area contributed by atoms with Crippen LogP contribution < -0.4 is 19.7 Å². The second-order valence-corrected chi connectivity index (χ2v) is 13.2. The van der Waals surface area contributed by atoms with Crippen molar-refractivity contribution in [2.24, 2.45) is 0 Å². The molecule has 2 bridgehead atoms. The fraction of sp³-hybridized carbons (Fsp3) is 0.441. The van der Waals surface area contributed by atoms with Gasteiger partial charge in [0.2, 0.25) is 5.88 Å². The van der Waals surface area contributed by atoms with Gasteiger partial charge in [-0.25, -0.2) is 18.2 Å². The number of hydrogen-bond acceptors (Lipinski definition) is 9. The fourth-order valence-corrected chi connectivity index (χ4v) is 8.56. The number of ether oxygens (including phenoxy) is 2. The van der Waals surface area contributed by atoms with Crippen molar-refractivity contribution in [1.29, 1.82) is 0 Å². The summed E-state index contributed by atoms with van der Waals surface area (Å²) in [5.41, 5.74) is -0.688. The standard InChI is InChI=1S/C34H31F3N6O3/c1-2-21-23(36)6-4-17-10-20(44)11-22(26(17)21)29-28(37)30-27-31(43-14-19-5-7-24(38-19)25(43)15-45-32(27)39-29)41-33(40-30)46-16-34-8-3-9-42(34)13-18(35)12-34/h1,4,6,10-11,18-19,24-25,38,44H,3,5,7-9,12-16H2/t18-,19?,24?,25?,34+/m1/s1. The summed E-state index contributed by atoms with van der Waals surface area (Å²) in [6, 6.07) is 5.72. The van der Waals surface area contributed by atoms with E-state index in [1.165, 1.54) is 24.3 Å². The molecular formula is C34H31F3N6O3. The first-order valence-corrected chi connectivity index (χ1v) is 15.8. The maximum absolute atomic E-state index is 17.0. The molecule has 236 valence electrons. The van der Waals surface area contributed by atoms with Crippen LogP contribution in [-0.4, -0.2) is 87.6 Å². The van der Waals surface area contributed by atoms with Crippen LogP contribution in [0.3, 0.4) is 0 Å². The van der Waals surface area contributed by atoms with Crippen LogP contribution >= 0.6 is 0 Å². The lowest BCUT2D eigenvalue weighted by molar-refractivity contribution is 0.107. The average molecular weight is 629 g/mol. The van der Waals surface area contributed by atoms with Gasteiger partial charge in [0.05, 0.1) is 17.1 Å². The van der Waals surface area contributed by atoms with E-state index in [9.17, 15) is 13.9 Å². The molecule has 2 aromatic heterocycles. The number of nitrogens with zero attached hydrogens (tertiary/aromatic N) is 5. The molecule has 2 aromatic carbocycles. The molecule has 0 saturated carbocycles. The number of anilines is 1. The Labute approximate surface area is 262 Å². The summed E-state index contributed by atoms with van der Waals surface area (Å²) in [5, 5.41) is 15.3. The molecule has 2 N–H and O–H groups in total. The van der Waals surface area contributed by atoms with E-state index < -0.39 is 23.3 Å². The van der Waals surface area contributed by atoms with E-state index in [0.717, 1.165) is 32.2 Å². The van der Waals surface area contributed by atoms with Gasteiger partial charge in [0, 0.05) is 42.5 Å². The summed E-state index contributed by atoms with van der Waals surface area (Å²) in [4.78, 5) is 18.4. The average Bonchev–Trinajstić information content (AvgIpc) is 3.68. The molecule has 12 heteroatoms. The van der Waals surface area contributed by atoms with Gasteiger partial charge >= 0.3 is 6.01 Å². The molecular weight excluding hydrogens is 597 g/mol. The minimum absolute atomic E-state index is 0.0179. The number of phenolic OH excluding ortho intramolecular Hbond substituents is 1. The molecule has 5 atom stereocenters. The molecule has 4 aromatic rings. The molecule has 3 unspecified atom stereocenters. The lowest BCUT2D eigenvalue weighted by Gasteiger charge is -2.40. The summed E-state index contributed by atoms with van der Waals surface area (Å²) in [5.74, 6) is 1.35. The Morgan fingerprint density at radius 3 is 2.91 bits per heavy atom. The lowest BCUT2D eigenvalue weighted by atomic mass is 9.95. The van der Waals surface area contributed by atoms with Crippen molar-refractivity contribution in [2.45, 2.75) is 61.9 Å². The number of alkyl halides is 1. The quantitative estimate of drug-likeness (QED) is 0.318. The Morgan fingerprint density at radius 1 is 1.15 bits per heavy atom. The Bertz CT molecular complexity index is 1990. The first-order valence-electron chi connectivity index (χ1n) is 15.8. The van der Waals surface area contributed by atoms with E-state index in [1.807, 2.05) is 0 Å². The summed E-state index contributed by atoms with van der Waals surface area (Å²) in [6.07, 6.45) is 8.89. The SMILES string of the molecule is C#Cc1c(F)ccc2cc(O)cc(-c3nc4c5c(nc(OC[C@@]67CCCN6C[C@H](F)C7)nc5c3F)N3CC5CCC(N5)C3CO4)c12. The highest BCUT2D eigenvalue weighted by molar-refractivity contribution is 6.04. The highest BCUT2D eigenvalue weighted by Crippen LogP contribution is 2.45. The topological polar surface area (TPSA) is 95.9 Å². The van der Waals surface area contributed by atoms with Gasteiger partial charge in [0.15, 0.2) is 5.82 Å². The summed E-state index contributed by atoms with van der Waals surface area (Å²) in [6.45, 7) is 2.27. The minimum Gasteiger partial charge on any atom is -0.508 e. The Balaban J connectivity index is 1.25. The molecule has 0 aliphatic carbocycles. The Morgan fingerprint density at radius 2 is 2.04 bits per heavy atom. The smallest absolute Gasteiger partial charge is 0.319 e. The molecule has 0 radical (unpaired) electrons. The molecule has 0 spiro atoms. The van der Waals surface area contributed by atoms with Crippen LogP contribution in [0.2, 0.25) is 0 Å². The number of halogens is 3. The van der Waals surface area contributed by atoms with Gasteiger partial charge in [-0.1, -0.05) is 12.0 Å². The van der Waals surface area contributed by atoms with Gasteiger partial charge in [-0.2, -0.15) is 9.97 Å². The van der Waals surface area contributed by atoms with Crippen LogP contribution in [0.25, 0.3) is 32.9 Å². The predicted molar refractivity (Wildman–Crippen MR) is 165 cm³/mol. The van der Waals surface area contributed by atoms with Crippen LogP contribution in [0, 0.1) is 24.0 Å². The monoisotopic (exact) mass is 628 g/mol. The van der Waals surface area contributed by atoms with Gasteiger partial charge < -0.3 is 24.8 Å². The van der Waals surface area contributed by atoms with Crippen LogP contribution in [0.4, 0.5) is 19.0 Å². The molecule has 0 amide bonds. The maximum atomic E-state index is 17.0. The second kappa shape index (κ2) is 10.1. The summed E-state index contributed by atoms with van der Waals surface area (Å²) >= 11 is 0. The van der Waals surface area contributed by atoms with Crippen molar-refractivity contribution < 1.29 is 27.8 Å². The predicted octanol–water partition coefficient (Wildman–Crippen LogP) is 4.47. The molecule has 5 aliphatic heterocycles. The molecule has 7 heterocycles. The number of benzene rings is 2. The number of rotatable bonds is 4. The first kappa shape index (κ1) is 27.9. The summed E-state index contributed by atoms with van der Waals surface area (Å²) in [7, 11) is 0. The van der Waals surface area contributed by atoms with Crippen LogP contribution in [0.5, 0.6) is 17.6 Å². The molecule has 46 heavy (non-hydrogen) atoms. The highest BCUT2D eigenvalue weighted by Gasteiger charge is 2.50. The number of phenols is 1. The lowest BCUT2D eigenvalue weighted by Crippen LogP contribution is -2.60. The maximum Gasteiger partial charge on any atom is 0.319 e. The van der Waals surface area contributed by atoms with Crippen molar-refractivity contribution in [1.82, 2.24) is 25.2 Å². The van der Waals surface area contributed by atoms with Crippen molar-refractivity contribution in [3.05, 3.63) is 41.5 Å². The Kier molecular flexibility index (Phi) is 6.12. The number of aromatic hydroxyl groups is 1. The van der Waals surface area contributed by atoms with Crippen molar-refractivity contribution in [3.63, 3.8) is 0 Å². The second-order valence-electron chi connectivity index (χ2n) is 13.2. The normalized spacial score (nSPS) is 28.2. The largest absolute Gasteiger partial charge is 0.508 e. The van der Waals surface area contributed by atoms with Gasteiger partial charge in [-0.15, -0.1) is 6.42 Å². The highest BCUT2D eigenvalue weighted by atomic mass is 19.1. The molecule has 5 aliphatic rings. The number of hydrogen-bond donors (Lipinski definition) is 2. The third-order valence-corrected chi connectivity index (χ3v) is 10.6. The van der Waals surface area contributed by atoms with Crippen molar-refractivity contribution in [3.8, 4) is 41.2 Å². The molecule has 9 nitrogen and oxygen atoms in total. The molecule has 4 saturated heterocycles. The fourth-order valence-electron chi connectivity index (χ4n) is 8.56. The zero-order valence-corrected chi connectivity index (χ0v) is 24.9. The molecule has 9 rings (SSSR count). The number of terminal acetylenes is 1. The minimum atomic E-state index is -0.927. The Hall–Kier alpha value is -4.34. The van der Waals surface area contributed by atoms with Gasteiger partial charge in [-0.05, 0) is 55.8 Å². The van der Waals surface area contributed by atoms with Crippen molar-refractivity contribution in [2.75, 3.05) is 37.7 Å². The third-order valence-electron chi connectivity index (χ3n) is 10.6. The zero-order chi connectivity index (χ0) is 31.3. The summed E-state index contributed by atoms with van der Waals surface area (Å²) < 4.78 is 59.1. The molecule has 4 fully saturated rings. The van der Waals surface area contributed by atoms with Gasteiger partial charge in [-0.3, -0.25) is 4.90 Å². The van der Waals surface area contributed by atoms with E-state index in [4.69, 9.17) is 20.9 Å². The van der Waals surface area contributed by atoms with Gasteiger partial charge in [0.25, 0.3) is 0 Å². The number of aromatic nitrogens is 3. The zero-order valence-electron chi connectivity index (χ0n) is 24.9. The van der Waals surface area contributed by atoms with E-state index in [1.54, 1.807) is 0 Å². The van der Waals surface area contributed by atoms with Crippen LogP contribution in [0.1, 0.15) is 37.7 Å². The van der Waals surface area contributed by atoms with E-state index in [-0.39, 0.29) is 76.7 Å². The van der Waals surface area contributed by atoms with E-state index >= 15 is 4.39 Å². The first-order chi connectivity index (χ1) is 22.3. The number of pyridine rings is 1. The van der Waals surface area contributed by atoms with Gasteiger partial charge in [0.1, 0.15) is 53.4 Å².